The third-order valence-electron chi connectivity index (χ3n) is 7.06. The zero-order valence-electron chi connectivity index (χ0n) is 22.5. The van der Waals surface area contributed by atoms with E-state index in [1.807, 2.05) is 27.7 Å². The average molecular weight is 516 g/mol. The number of aromatic nitrogens is 8. The first kappa shape index (κ1) is 24.4. The van der Waals surface area contributed by atoms with Gasteiger partial charge in [-0.05, 0) is 72.3 Å². The average Bonchev–Trinajstić information content (AvgIpc) is 3.54. The number of carbonyl (C=O) groups excluding carboxylic acids is 1. The van der Waals surface area contributed by atoms with Gasteiger partial charge < -0.3 is 14.6 Å². The fourth-order valence-corrected chi connectivity index (χ4v) is 5.17. The van der Waals surface area contributed by atoms with Crippen molar-refractivity contribution in [2.24, 2.45) is 0 Å². The molecule has 0 bridgehead atoms. The van der Waals surface area contributed by atoms with Crippen LogP contribution in [-0.4, -0.2) is 57.0 Å². The Kier molecular flexibility index (Phi) is 5.88. The first-order valence-electron chi connectivity index (χ1n) is 13.3. The normalized spacial score (nSPS) is 17.4. The van der Waals surface area contributed by atoms with Crippen LogP contribution in [0.15, 0.2) is 18.7 Å². The Morgan fingerprint density at radius 1 is 1.13 bits per heavy atom. The molecule has 6 rings (SSSR count). The highest BCUT2D eigenvalue weighted by atomic mass is 16.6. The number of carbonyl (C=O) groups is 1. The third kappa shape index (κ3) is 4.50. The van der Waals surface area contributed by atoms with Gasteiger partial charge in [-0.2, -0.15) is 9.78 Å². The molecule has 4 aromatic rings. The second-order valence-electron chi connectivity index (χ2n) is 11.2. The molecular weight excluding hydrogens is 482 g/mol. The van der Waals surface area contributed by atoms with Crippen LogP contribution in [0.25, 0.3) is 22.6 Å². The Labute approximate surface area is 221 Å². The van der Waals surface area contributed by atoms with Crippen molar-refractivity contribution < 1.29 is 9.53 Å². The first-order chi connectivity index (χ1) is 18.2. The van der Waals surface area contributed by atoms with Gasteiger partial charge in [-0.15, -0.1) is 0 Å². The molecule has 1 fully saturated rings. The van der Waals surface area contributed by atoms with Gasteiger partial charge in [-0.3, -0.25) is 0 Å². The summed E-state index contributed by atoms with van der Waals surface area (Å²) >= 11 is 0. The molecule has 2 aliphatic carbocycles. The minimum atomic E-state index is -0.571. The summed E-state index contributed by atoms with van der Waals surface area (Å²) < 4.78 is 9.22. The summed E-state index contributed by atoms with van der Waals surface area (Å²) in [6.07, 6.45) is 9.33. The largest absolute Gasteiger partial charge is 0.442 e. The lowest BCUT2D eigenvalue weighted by Crippen LogP contribution is -2.32. The standard InChI is InChI=1S/C27H33N9O2/c1-6-35-24(17-12-28-15(2)29-13-17)33-22-23(30-14-31-25(22)35)32-18-9-10-20-19(11-18)21(16-7-8-16)34-36(20)26(37)38-27(3,4)5/h12-14,16,18H,6-11H2,1-5H3,(H,30,31,32)/t18-/m1/s1. The van der Waals surface area contributed by atoms with E-state index in [1.54, 1.807) is 18.7 Å². The molecule has 1 atom stereocenters. The van der Waals surface area contributed by atoms with Crippen molar-refractivity contribution >= 4 is 23.1 Å². The van der Waals surface area contributed by atoms with Crippen molar-refractivity contribution in [1.29, 1.82) is 0 Å². The highest BCUT2D eigenvalue weighted by Crippen LogP contribution is 2.43. The number of aryl methyl sites for hydroxylation is 2. The van der Waals surface area contributed by atoms with Crippen molar-refractivity contribution in [2.75, 3.05) is 5.32 Å². The van der Waals surface area contributed by atoms with E-state index < -0.39 is 11.7 Å². The SMILES string of the molecule is CCn1c(-c2cnc(C)nc2)nc2c(N[C@@H]3CCc4c(c(C5CC5)nn4C(=O)OC(C)(C)C)C3)ncnc21. The predicted octanol–water partition coefficient (Wildman–Crippen LogP) is 4.44. The van der Waals surface area contributed by atoms with Gasteiger partial charge in [0.1, 0.15) is 23.6 Å². The van der Waals surface area contributed by atoms with E-state index in [4.69, 9.17) is 14.8 Å². The molecule has 2 aliphatic rings. The Morgan fingerprint density at radius 3 is 2.58 bits per heavy atom. The molecule has 38 heavy (non-hydrogen) atoms. The number of rotatable bonds is 5. The van der Waals surface area contributed by atoms with Crippen LogP contribution < -0.4 is 5.32 Å². The van der Waals surface area contributed by atoms with E-state index in [1.165, 1.54) is 10.2 Å². The molecule has 0 unspecified atom stereocenters. The van der Waals surface area contributed by atoms with E-state index in [0.717, 1.165) is 66.0 Å². The minimum Gasteiger partial charge on any atom is -0.442 e. The van der Waals surface area contributed by atoms with E-state index in [0.29, 0.717) is 24.1 Å². The van der Waals surface area contributed by atoms with Crippen LogP contribution in [0.5, 0.6) is 0 Å². The van der Waals surface area contributed by atoms with Gasteiger partial charge in [0, 0.05) is 30.9 Å². The van der Waals surface area contributed by atoms with Crippen molar-refractivity contribution in [3.63, 3.8) is 0 Å². The summed E-state index contributed by atoms with van der Waals surface area (Å²) in [4.78, 5) is 35.7. The van der Waals surface area contributed by atoms with Crippen LogP contribution in [0, 0.1) is 6.92 Å². The Balaban J connectivity index is 1.31. The maximum atomic E-state index is 12.9. The number of anilines is 1. The van der Waals surface area contributed by atoms with E-state index >= 15 is 0 Å². The summed E-state index contributed by atoms with van der Waals surface area (Å²) in [6.45, 7) is 10.3. The second-order valence-corrected chi connectivity index (χ2v) is 11.2. The molecule has 0 amide bonds. The molecule has 0 spiro atoms. The maximum Gasteiger partial charge on any atom is 0.435 e. The van der Waals surface area contributed by atoms with Gasteiger partial charge in [0.2, 0.25) is 0 Å². The van der Waals surface area contributed by atoms with E-state index in [-0.39, 0.29) is 6.04 Å². The number of imidazole rings is 1. The molecule has 1 N–H and O–H groups in total. The highest BCUT2D eigenvalue weighted by Gasteiger charge is 2.36. The van der Waals surface area contributed by atoms with Gasteiger partial charge in [0.05, 0.1) is 17.0 Å². The van der Waals surface area contributed by atoms with Crippen molar-refractivity contribution in [3.8, 4) is 11.4 Å². The predicted molar refractivity (Wildman–Crippen MR) is 142 cm³/mol. The van der Waals surface area contributed by atoms with E-state index in [2.05, 4.69) is 36.7 Å². The minimum absolute atomic E-state index is 0.132. The zero-order chi connectivity index (χ0) is 26.6. The number of nitrogens with zero attached hydrogens (tertiary/aromatic N) is 8. The Bertz CT molecular complexity index is 1510. The van der Waals surface area contributed by atoms with Crippen LogP contribution in [0.4, 0.5) is 10.6 Å². The summed E-state index contributed by atoms with van der Waals surface area (Å²) in [6, 6.07) is 0.132. The quantitative estimate of drug-likeness (QED) is 0.410. The number of hydrogen-bond donors (Lipinski definition) is 1. The van der Waals surface area contributed by atoms with Crippen LogP contribution in [0.1, 0.15) is 75.7 Å². The van der Waals surface area contributed by atoms with Crippen molar-refractivity contribution in [2.45, 2.75) is 90.8 Å². The lowest BCUT2D eigenvalue weighted by atomic mass is 9.90. The lowest BCUT2D eigenvalue weighted by Gasteiger charge is -2.25. The fourth-order valence-electron chi connectivity index (χ4n) is 5.17. The molecule has 1 saturated carbocycles. The summed E-state index contributed by atoms with van der Waals surface area (Å²) in [5.41, 5.74) is 4.96. The first-order valence-corrected chi connectivity index (χ1v) is 13.3. The molecule has 4 aromatic heterocycles. The molecule has 0 saturated heterocycles. The molecule has 0 radical (unpaired) electrons. The van der Waals surface area contributed by atoms with Gasteiger partial charge in [-0.25, -0.2) is 29.7 Å². The Hall–Kier alpha value is -3.89. The van der Waals surface area contributed by atoms with Gasteiger partial charge in [0.15, 0.2) is 17.0 Å². The number of fused-ring (bicyclic) bond motifs is 2. The number of ether oxygens (including phenoxy) is 1. The molecular formula is C27H33N9O2. The van der Waals surface area contributed by atoms with Gasteiger partial charge in [0.25, 0.3) is 0 Å². The number of nitrogens with one attached hydrogen (secondary N) is 1. The summed E-state index contributed by atoms with van der Waals surface area (Å²) in [5, 5.41) is 8.40. The van der Waals surface area contributed by atoms with Gasteiger partial charge in [-0.1, -0.05) is 0 Å². The summed E-state index contributed by atoms with van der Waals surface area (Å²) in [5.74, 6) is 2.62. The van der Waals surface area contributed by atoms with Crippen LogP contribution in [0.2, 0.25) is 0 Å². The lowest BCUT2D eigenvalue weighted by molar-refractivity contribution is 0.0508. The maximum absolute atomic E-state index is 12.9. The Morgan fingerprint density at radius 2 is 1.89 bits per heavy atom. The highest BCUT2D eigenvalue weighted by molar-refractivity contribution is 5.86. The molecule has 11 heteroatoms. The molecule has 4 heterocycles. The fraction of sp³-hybridized carbons (Fsp3) is 0.519. The molecule has 198 valence electrons. The monoisotopic (exact) mass is 515 g/mol. The number of hydrogen-bond acceptors (Lipinski definition) is 9. The van der Waals surface area contributed by atoms with Crippen LogP contribution in [0.3, 0.4) is 0 Å². The topological polar surface area (TPSA) is 126 Å². The smallest absolute Gasteiger partial charge is 0.435 e. The molecule has 0 aromatic carbocycles. The van der Waals surface area contributed by atoms with Crippen molar-refractivity contribution in [1.82, 2.24) is 39.3 Å². The second kappa shape index (κ2) is 9.14. The third-order valence-corrected chi connectivity index (χ3v) is 7.06. The zero-order valence-corrected chi connectivity index (χ0v) is 22.5. The van der Waals surface area contributed by atoms with E-state index in [9.17, 15) is 4.79 Å². The molecule has 0 aliphatic heterocycles. The van der Waals surface area contributed by atoms with Crippen LogP contribution in [-0.2, 0) is 24.1 Å². The summed E-state index contributed by atoms with van der Waals surface area (Å²) in [7, 11) is 0. The van der Waals surface area contributed by atoms with Crippen molar-refractivity contribution in [3.05, 3.63) is 41.5 Å². The molecule has 11 nitrogen and oxygen atoms in total. The van der Waals surface area contributed by atoms with Gasteiger partial charge >= 0.3 is 6.09 Å². The van der Waals surface area contributed by atoms with Crippen LogP contribution >= 0.6 is 0 Å².